The Morgan fingerprint density at radius 1 is 1.83 bits per heavy atom. The van der Waals surface area contributed by atoms with Crippen LogP contribution in [0.5, 0.6) is 0 Å². The molecule has 0 bridgehead atoms. The molecule has 0 atom stereocenters. The fraction of sp³-hybridized carbons (Fsp3) is 0.750. The van der Waals surface area contributed by atoms with Crippen molar-refractivity contribution in [1.29, 1.82) is 0 Å². The lowest BCUT2D eigenvalue weighted by molar-refractivity contribution is 0.0121. The summed E-state index contributed by atoms with van der Waals surface area (Å²) >= 11 is 0. The molecule has 0 aromatic carbocycles. The Labute approximate surface area is 38.1 Å². The minimum absolute atomic E-state index is 0.684. The van der Waals surface area contributed by atoms with Crippen LogP contribution in [0.15, 0.2) is 0 Å². The molecule has 0 aromatic heterocycles. The Kier molecular flexibility index (Phi) is 4.85. The third-order valence-corrected chi connectivity index (χ3v) is 0.454. The molecule has 0 aliphatic rings. The van der Waals surface area contributed by atoms with Crippen LogP contribution in [0.4, 0.5) is 0 Å². The topological polar surface area (TPSA) is 22.0 Å². The van der Waals surface area contributed by atoms with Gasteiger partial charge in [-0.1, -0.05) is 7.11 Å². The molecule has 0 aliphatic heterocycles. The first-order valence-electron chi connectivity index (χ1n) is 1.83. The summed E-state index contributed by atoms with van der Waals surface area (Å²) in [4.78, 5) is 0. The largest absolute Gasteiger partial charge is 0.580 e. The lowest BCUT2D eigenvalue weighted by Crippen LogP contribution is -1.98. The van der Waals surface area contributed by atoms with E-state index in [2.05, 4.69) is 16.6 Å². The third-order valence-electron chi connectivity index (χ3n) is 0.454. The predicted molar refractivity (Wildman–Crippen MR) is 24.3 cm³/mol. The second-order valence-electron chi connectivity index (χ2n) is 0.940. The summed E-state index contributed by atoms with van der Waals surface area (Å²) in [6, 6.07) is 0. The molecular weight excluding hydrogens is 80.0 g/mol. The van der Waals surface area contributed by atoms with E-state index in [-0.39, 0.29) is 0 Å². The molecule has 1 N–H and O–H groups in total. The van der Waals surface area contributed by atoms with Gasteiger partial charge in [-0.25, -0.2) is 0 Å². The van der Waals surface area contributed by atoms with Crippen LogP contribution in [-0.4, -0.2) is 25.1 Å². The molecule has 38 valence electrons. The van der Waals surface area contributed by atoms with Gasteiger partial charge in [-0.15, -0.1) is 0 Å². The van der Waals surface area contributed by atoms with Crippen molar-refractivity contribution < 1.29 is 9.47 Å². The van der Waals surface area contributed by atoms with Crippen LogP contribution in [-0.2, 0) is 4.74 Å². The van der Waals surface area contributed by atoms with Gasteiger partial charge in [-0.3, -0.25) is 0 Å². The maximum Gasteiger partial charge on any atom is 0.143 e. The summed E-state index contributed by atoms with van der Waals surface area (Å²) in [5.74, 6) is 0. The molecule has 0 radical (unpaired) electrons. The Balaban J connectivity index is 2.34. The molecule has 0 aromatic rings. The van der Waals surface area contributed by atoms with Crippen LogP contribution in [0.25, 0.3) is 0 Å². The fourth-order valence-corrected chi connectivity index (χ4v) is 0.156. The zero-order valence-electron chi connectivity index (χ0n) is 3.98. The van der Waals surface area contributed by atoms with Crippen LogP contribution in [0.1, 0.15) is 0 Å². The van der Waals surface area contributed by atoms with Gasteiger partial charge in [0.25, 0.3) is 0 Å². The van der Waals surface area contributed by atoms with E-state index in [1.165, 1.54) is 0 Å². The number of aliphatic hydroxyl groups is 2. The van der Waals surface area contributed by atoms with E-state index in [1.54, 1.807) is 7.11 Å². The van der Waals surface area contributed by atoms with Crippen molar-refractivity contribution in [1.82, 2.24) is 0 Å². The first-order chi connectivity index (χ1) is 2.91. The lowest BCUT2D eigenvalue weighted by Gasteiger charge is -1.95. The van der Waals surface area contributed by atoms with E-state index in [0.29, 0.717) is 13.2 Å². The number of hydrogen-bond acceptors (Lipinski definition) is 1. The predicted octanol–water partition coefficient (Wildman–Crippen LogP) is -0.0476. The van der Waals surface area contributed by atoms with Gasteiger partial charge in [0.15, 0.2) is 0 Å². The number of methoxy groups -OCH3 is 1. The molecule has 2 nitrogen and oxygen atoms in total. The molecular formula is C4H10O2. The van der Waals surface area contributed by atoms with Crippen LogP contribution in [0.3, 0.4) is 0 Å². The van der Waals surface area contributed by atoms with Crippen molar-refractivity contribution in [2.24, 2.45) is 0 Å². The van der Waals surface area contributed by atoms with Gasteiger partial charge in [-0.05, 0) is 0 Å². The maximum absolute atomic E-state index is 4.65. The summed E-state index contributed by atoms with van der Waals surface area (Å²) in [5, 5.41) is 0. The van der Waals surface area contributed by atoms with Crippen molar-refractivity contribution >= 4 is 0 Å². The van der Waals surface area contributed by atoms with E-state index in [0.717, 1.165) is 0 Å². The summed E-state index contributed by atoms with van der Waals surface area (Å²) in [7, 11) is 4.91. The highest BCUT2D eigenvalue weighted by atomic mass is 16.5. The molecule has 2 heteroatoms. The van der Waals surface area contributed by atoms with Crippen LogP contribution in [0.2, 0.25) is 0 Å². The zero-order chi connectivity index (χ0) is 4.83. The molecule has 0 heterocycles. The van der Waals surface area contributed by atoms with Crippen molar-refractivity contribution in [2.45, 2.75) is 0 Å². The third kappa shape index (κ3) is 3.92. The highest BCUT2D eigenvalue weighted by molar-refractivity contribution is 4.18. The number of ether oxygens (including phenoxy) is 2. The number of rotatable bonds is 3. The first kappa shape index (κ1) is 5.92. The molecule has 0 aliphatic carbocycles. The minimum Gasteiger partial charge on any atom is -0.580 e. The van der Waals surface area contributed by atoms with Gasteiger partial charge in [0.1, 0.15) is 13.2 Å². The monoisotopic (exact) mass is 90.1 g/mol. The highest BCUT2D eigenvalue weighted by Crippen LogP contribution is 1.63. The number of hydrogen-bond donors (Lipinski definition) is 0. The lowest BCUT2D eigenvalue weighted by atomic mass is 10.8. The minimum atomic E-state index is 0.684. The van der Waals surface area contributed by atoms with Gasteiger partial charge in [0, 0.05) is 7.11 Å². The molecule has 0 rings (SSSR count). The summed E-state index contributed by atoms with van der Waals surface area (Å²) in [5.41, 5.74) is 0. The van der Waals surface area contributed by atoms with Crippen molar-refractivity contribution in [3.63, 3.8) is 0 Å². The first-order valence-corrected chi connectivity index (χ1v) is 1.83. The Hall–Kier alpha value is -0.0800. The quantitative estimate of drug-likeness (QED) is 0.270. The van der Waals surface area contributed by atoms with Gasteiger partial charge in [0.2, 0.25) is 0 Å². The SMILES string of the molecule is [CH2-][OH+]CCOC. The Bertz CT molecular complexity index is 17.5. The van der Waals surface area contributed by atoms with Crippen molar-refractivity contribution in [3.8, 4) is 0 Å². The second kappa shape index (κ2) is 4.92. The van der Waals surface area contributed by atoms with E-state index < -0.39 is 0 Å². The van der Waals surface area contributed by atoms with Crippen molar-refractivity contribution in [2.75, 3.05) is 20.3 Å². The van der Waals surface area contributed by atoms with Gasteiger partial charge in [0.05, 0.1) is 0 Å². The van der Waals surface area contributed by atoms with Gasteiger partial charge < -0.3 is 9.47 Å². The fourth-order valence-electron chi connectivity index (χ4n) is 0.156. The smallest absolute Gasteiger partial charge is 0.143 e. The van der Waals surface area contributed by atoms with Crippen LogP contribution >= 0.6 is 0 Å². The summed E-state index contributed by atoms with van der Waals surface area (Å²) in [6.45, 7) is 1.39. The zero-order valence-corrected chi connectivity index (χ0v) is 3.98. The Morgan fingerprint density at radius 2 is 2.50 bits per heavy atom. The molecule has 0 amide bonds. The van der Waals surface area contributed by atoms with E-state index in [4.69, 9.17) is 0 Å². The molecule has 0 fully saturated rings. The summed E-state index contributed by atoms with van der Waals surface area (Å²) < 4.78 is 8.20. The van der Waals surface area contributed by atoms with Gasteiger partial charge >= 0.3 is 0 Å². The Morgan fingerprint density at radius 3 is 2.67 bits per heavy atom. The molecule has 0 unspecified atom stereocenters. The van der Waals surface area contributed by atoms with Gasteiger partial charge in [-0.2, -0.15) is 0 Å². The van der Waals surface area contributed by atoms with Crippen LogP contribution in [0, 0.1) is 7.11 Å². The van der Waals surface area contributed by atoms with E-state index in [1.807, 2.05) is 0 Å². The second-order valence-corrected chi connectivity index (χ2v) is 0.940. The molecule has 0 saturated carbocycles. The standard InChI is InChI=1S/C4H10O2/c1-5-3-4-6-2/h5H,1,3-4H2,2H3. The maximum atomic E-state index is 4.65. The van der Waals surface area contributed by atoms with Crippen LogP contribution < -0.4 is 0 Å². The highest BCUT2D eigenvalue weighted by Gasteiger charge is 1.74. The van der Waals surface area contributed by atoms with Crippen molar-refractivity contribution in [3.05, 3.63) is 7.11 Å². The van der Waals surface area contributed by atoms with E-state index >= 15 is 0 Å². The normalized spacial score (nSPS) is 9.00. The molecule has 0 saturated heterocycles. The summed E-state index contributed by atoms with van der Waals surface area (Å²) in [6.07, 6.45) is 0. The average molecular weight is 90.1 g/mol. The average Bonchev–Trinajstić information content (AvgIpc) is 1.61. The van der Waals surface area contributed by atoms with E-state index in [9.17, 15) is 0 Å². The molecule has 6 heavy (non-hydrogen) atoms. The molecule has 0 spiro atoms.